The van der Waals surface area contributed by atoms with Gasteiger partial charge >= 0.3 is 0 Å². The monoisotopic (exact) mass is 513 g/mol. The van der Waals surface area contributed by atoms with E-state index in [2.05, 4.69) is 72.9 Å². The maximum atomic E-state index is 13.2. The molecule has 1 aliphatic carbocycles. The summed E-state index contributed by atoms with van der Waals surface area (Å²) in [5.41, 5.74) is 4.61. The number of benzene rings is 1. The molecule has 2 unspecified atom stereocenters. The van der Waals surface area contributed by atoms with Crippen LogP contribution in [-0.4, -0.2) is 77.7 Å². The van der Waals surface area contributed by atoms with Gasteiger partial charge in [-0.1, -0.05) is 36.8 Å². The Morgan fingerprint density at radius 3 is 2.76 bits per heavy atom. The number of likely N-dealkylation sites (N-methyl/N-ethyl adjacent to an activating group) is 1. The Hall–Kier alpha value is -3.49. The first kappa shape index (κ1) is 26.1. The molecule has 2 atom stereocenters. The zero-order valence-corrected chi connectivity index (χ0v) is 22.7. The molecule has 1 amide bonds. The van der Waals surface area contributed by atoms with Gasteiger partial charge in [0, 0.05) is 30.9 Å². The van der Waals surface area contributed by atoms with Gasteiger partial charge in [-0.05, 0) is 82.2 Å². The Bertz CT molecular complexity index is 1300. The van der Waals surface area contributed by atoms with Crippen LogP contribution in [0.2, 0.25) is 0 Å². The molecule has 200 valence electrons. The van der Waals surface area contributed by atoms with Gasteiger partial charge in [0.1, 0.15) is 5.82 Å². The van der Waals surface area contributed by atoms with Crippen molar-refractivity contribution in [3.63, 3.8) is 0 Å². The zero-order valence-electron chi connectivity index (χ0n) is 22.7. The van der Waals surface area contributed by atoms with E-state index in [1.807, 2.05) is 32.3 Å². The summed E-state index contributed by atoms with van der Waals surface area (Å²) in [5.74, 6) is 1.24. The highest BCUT2D eigenvalue weighted by atomic mass is 16.1. The van der Waals surface area contributed by atoms with E-state index in [0.29, 0.717) is 17.3 Å². The van der Waals surface area contributed by atoms with E-state index in [1.54, 1.807) is 6.20 Å². The lowest BCUT2D eigenvalue weighted by atomic mass is 9.91. The van der Waals surface area contributed by atoms with Crippen molar-refractivity contribution in [1.82, 2.24) is 25.0 Å². The van der Waals surface area contributed by atoms with Crippen LogP contribution >= 0.6 is 0 Å². The van der Waals surface area contributed by atoms with Crippen molar-refractivity contribution in [2.75, 3.05) is 57.5 Å². The van der Waals surface area contributed by atoms with Gasteiger partial charge in [0.05, 0.1) is 17.4 Å². The third kappa shape index (κ3) is 6.49. The number of pyridine rings is 1. The molecule has 3 heterocycles. The fourth-order valence-electron chi connectivity index (χ4n) is 5.34. The number of likely N-dealkylation sites (tertiary alicyclic amines) is 1. The van der Waals surface area contributed by atoms with E-state index in [0.717, 1.165) is 42.8 Å². The smallest absolute Gasteiger partial charge is 0.276 e. The number of amides is 1. The van der Waals surface area contributed by atoms with E-state index < -0.39 is 0 Å². The summed E-state index contributed by atoms with van der Waals surface area (Å²) in [5, 5.41) is 14.5. The number of anilines is 2. The van der Waals surface area contributed by atoms with E-state index in [1.165, 1.54) is 37.1 Å². The number of hydrogen-bond donors (Lipinski definition) is 3. The van der Waals surface area contributed by atoms with Gasteiger partial charge in [-0.2, -0.15) is 5.10 Å². The number of allylic oxidation sites excluding steroid dienone is 3. The van der Waals surface area contributed by atoms with Crippen LogP contribution in [-0.2, 0) is 0 Å². The van der Waals surface area contributed by atoms with Gasteiger partial charge in [-0.15, -0.1) is 0 Å². The fourth-order valence-corrected chi connectivity index (χ4v) is 5.34. The minimum absolute atomic E-state index is 0.247. The number of rotatable bonds is 9. The molecule has 1 aliphatic heterocycles. The minimum atomic E-state index is -0.247. The Morgan fingerprint density at radius 1 is 1.16 bits per heavy atom. The molecule has 1 aromatic carbocycles. The van der Waals surface area contributed by atoms with Crippen LogP contribution in [0.25, 0.3) is 10.9 Å². The molecule has 8 heteroatoms. The quantitative estimate of drug-likeness (QED) is 0.353. The van der Waals surface area contributed by atoms with E-state index in [-0.39, 0.29) is 11.8 Å². The molecule has 5 rings (SSSR count). The van der Waals surface area contributed by atoms with Crippen molar-refractivity contribution in [3.8, 4) is 0 Å². The third-order valence-electron chi connectivity index (χ3n) is 7.37. The highest BCUT2D eigenvalue weighted by Crippen LogP contribution is 2.32. The first-order valence-electron chi connectivity index (χ1n) is 13.7. The van der Waals surface area contributed by atoms with Crippen molar-refractivity contribution in [1.29, 1.82) is 0 Å². The molecule has 2 aliphatic rings. The summed E-state index contributed by atoms with van der Waals surface area (Å²) in [6.45, 7) is 7.44. The molecule has 0 spiro atoms. The third-order valence-corrected chi connectivity index (χ3v) is 7.37. The first-order chi connectivity index (χ1) is 18.4. The molecular weight excluding hydrogens is 474 g/mol. The molecule has 2 aromatic heterocycles. The number of aromatic nitrogens is 3. The van der Waals surface area contributed by atoms with Crippen LogP contribution in [0.4, 0.5) is 11.5 Å². The van der Waals surface area contributed by atoms with Gasteiger partial charge in [0.15, 0.2) is 5.69 Å². The maximum Gasteiger partial charge on any atom is 0.276 e. The largest absolute Gasteiger partial charge is 0.369 e. The van der Waals surface area contributed by atoms with Crippen LogP contribution in [0, 0.1) is 5.92 Å². The average Bonchev–Trinajstić information content (AvgIpc) is 3.52. The van der Waals surface area contributed by atoms with Crippen LogP contribution in [0.3, 0.4) is 0 Å². The van der Waals surface area contributed by atoms with Crippen LogP contribution in [0.15, 0.2) is 60.3 Å². The highest BCUT2D eigenvalue weighted by Gasteiger charge is 2.21. The van der Waals surface area contributed by atoms with Gasteiger partial charge in [0.2, 0.25) is 0 Å². The number of hydrogen-bond acceptors (Lipinski definition) is 6. The molecule has 8 nitrogen and oxygen atoms in total. The standard InChI is InChI=1S/C30H39N7O/c1-21-6-7-23(17-22(16-21)20-37-13-4-5-14-37)24-8-10-27-26(18-24)29(35-34-27)30(38)33-25-9-11-28(32-19-25)31-12-15-36(2)3/h6-11,16,18-19,21,23H,4-5,12-15,17,20H2,1-3H3,(H,31,32)(H,33,38)(H,34,35). The topological polar surface area (TPSA) is 89.2 Å². The molecule has 0 bridgehead atoms. The number of carbonyl (C=O) groups excluding carboxylic acids is 1. The predicted octanol–water partition coefficient (Wildman–Crippen LogP) is 4.89. The minimum Gasteiger partial charge on any atom is -0.369 e. The molecule has 0 saturated carbocycles. The lowest BCUT2D eigenvalue weighted by Gasteiger charge is -2.20. The van der Waals surface area contributed by atoms with Crippen molar-refractivity contribution < 1.29 is 4.79 Å². The Labute approximate surface area is 225 Å². The van der Waals surface area contributed by atoms with Crippen molar-refractivity contribution in [2.45, 2.75) is 32.1 Å². The molecule has 3 N–H and O–H groups in total. The highest BCUT2D eigenvalue weighted by molar-refractivity contribution is 6.11. The SMILES string of the molecule is CC1C=CC(c2ccc3[nH]nc(C(=O)Nc4ccc(NCCN(C)C)nc4)c3c2)CC(CN2CCCC2)=C1. The Morgan fingerprint density at radius 2 is 2.00 bits per heavy atom. The van der Waals surface area contributed by atoms with Crippen LogP contribution in [0.5, 0.6) is 0 Å². The second-order valence-electron chi connectivity index (χ2n) is 10.9. The number of aromatic amines is 1. The molecular formula is C30H39N7O. The molecule has 38 heavy (non-hydrogen) atoms. The van der Waals surface area contributed by atoms with E-state index >= 15 is 0 Å². The lowest BCUT2D eigenvalue weighted by Crippen LogP contribution is -2.22. The average molecular weight is 514 g/mol. The van der Waals surface area contributed by atoms with Crippen molar-refractivity contribution >= 4 is 28.3 Å². The lowest BCUT2D eigenvalue weighted by molar-refractivity contribution is 0.102. The first-order valence-corrected chi connectivity index (χ1v) is 13.7. The molecule has 0 radical (unpaired) electrons. The normalized spacial score (nSPS) is 20.1. The Kier molecular flexibility index (Phi) is 8.20. The summed E-state index contributed by atoms with van der Waals surface area (Å²) < 4.78 is 0. The molecule has 3 aromatic rings. The number of nitrogens with zero attached hydrogens (tertiary/aromatic N) is 4. The number of H-pyrrole nitrogens is 1. The molecule has 1 saturated heterocycles. The fraction of sp³-hybridized carbons (Fsp3) is 0.433. The van der Waals surface area contributed by atoms with Crippen LogP contribution < -0.4 is 10.6 Å². The summed E-state index contributed by atoms with van der Waals surface area (Å²) in [6, 6.07) is 10.1. The van der Waals surface area contributed by atoms with Crippen molar-refractivity contribution in [3.05, 3.63) is 71.6 Å². The van der Waals surface area contributed by atoms with Crippen molar-refractivity contribution in [2.24, 2.45) is 5.92 Å². The number of fused-ring (bicyclic) bond motifs is 1. The summed E-state index contributed by atoms with van der Waals surface area (Å²) in [4.78, 5) is 22.3. The number of nitrogens with one attached hydrogen (secondary N) is 3. The van der Waals surface area contributed by atoms with Gasteiger partial charge in [-0.3, -0.25) is 14.8 Å². The van der Waals surface area contributed by atoms with Gasteiger partial charge in [-0.25, -0.2) is 4.98 Å². The summed E-state index contributed by atoms with van der Waals surface area (Å²) >= 11 is 0. The summed E-state index contributed by atoms with van der Waals surface area (Å²) in [7, 11) is 4.07. The Balaban J connectivity index is 1.29. The number of carbonyl (C=O) groups is 1. The van der Waals surface area contributed by atoms with Gasteiger partial charge in [0.25, 0.3) is 5.91 Å². The zero-order chi connectivity index (χ0) is 26.5. The molecule has 1 fully saturated rings. The second-order valence-corrected chi connectivity index (χ2v) is 10.9. The van der Waals surface area contributed by atoms with E-state index in [9.17, 15) is 4.79 Å². The van der Waals surface area contributed by atoms with Gasteiger partial charge < -0.3 is 15.5 Å². The van der Waals surface area contributed by atoms with E-state index in [4.69, 9.17) is 0 Å². The predicted molar refractivity (Wildman–Crippen MR) is 155 cm³/mol. The summed E-state index contributed by atoms with van der Waals surface area (Å²) in [6.07, 6.45) is 12.4. The maximum absolute atomic E-state index is 13.2. The second kappa shape index (κ2) is 11.9. The van der Waals surface area contributed by atoms with Crippen LogP contribution in [0.1, 0.15) is 48.2 Å².